The van der Waals surface area contributed by atoms with Crippen molar-refractivity contribution in [3.05, 3.63) is 29.3 Å². The molecule has 1 aliphatic heterocycles. The van der Waals surface area contributed by atoms with Gasteiger partial charge in [-0.3, -0.25) is 9.59 Å². The second kappa shape index (κ2) is 9.60. The number of carbonyl (C=O) groups is 2. The second-order valence-electron chi connectivity index (χ2n) is 5.15. The molecule has 8 heteroatoms. The number of nitrogens with zero attached hydrogens (tertiary/aromatic N) is 2. The number of likely N-dealkylation sites (N-methyl/N-ethyl adjacent to an activating group) is 1. The number of nitrogens with one attached hydrogen (secondary N) is 2. The summed E-state index contributed by atoms with van der Waals surface area (Å²) in [5, 5.41) is 6.06. The molecule has 6 nitrogen and oxygen atoms in total. The zero-order valence-electron chi connectivity index (χ0n) is 13.0. The highest BCUT2D eigenvalue weighted by molar-refractivity contribution is 6.30. The van der Waals surface area contributed by atoms with Gasteiger partial charge in [-0.25, -0.2) is 0 Å². The molecule has 0 spiro atoms. The van der Waals surface area contributed by atoms with Crippen molar-refractivity contribution in [3.63, 3.8) is 0 Å². The van der Waals surface area contributed by atoms with E-state index in [0.29, 0.717) is 18.1 Å². The molecule has 1 aliphatic rings. The summed E-state index contributed by atoms with van der Waals surface area (Å²) in [6.07, 6.45) is 0. The molecule has 0 saturated carbocycles. The zero-order valence-corrected chi connectivity index (χ0v) is 14.6. The Hall–Kier alpha value is -1.50. The van der Waals surface area contributed by atoms with E-state index in [0.717, 1.165) is 18.8 Å². The maximum absolute atomic E-state index is 12.1. The lowest BCUT2D eigenvalue weighted by atomic mass is 10.2. The lowest BCUT2D eigenvalue weighted by Crippen LogP contribution is -2.51. The summed E-state index contributed by atoms with van der Waals surface area (Å²) in [5.74, 6) is -0.219. The highest BCUT2D eigenvalue weighted by Crippen LogP contribution is 2.20. The van der Waals surface area contributed by atoms with E-state index in [-0.39, 0.29) is 37.3 Å². The Balaban J connectivity index is 0.00000264. The highest BCUT2D eigenvalue weighted by Gasteiger charge is 2.21. The third-order valence-corrected chi connectivity index (χ3v) is 3.81. The molecule has 2 rings (SSSR count). The molecule has 2 N–H and O–H groups in total. The summed E-state index contributed by atoms with van der Waals surface area (Å²) in [7, 11) is 1.69. The third kappa shape index (κ3) is 5.89. The van der Waals surface area contributed by atoms with Crippen LogP contribution in [0.2, 0.25) is 5.02 Å². The van der Waals surface area contributed by atoms with Crippen LogP contribution >= 0.6 is 24.0 Å². The van der Waals surface area contributed by atoms with Gasteiger partial charge in [0.2, 0.25) is 11.8 Å². The van der Waals surface area contributed by atoms with E-state index < -0.39 is 0 Å². The minimum absolute atomic E-state index is 0. The molecule has 1 aromatic rings. The average Bonchev–Trinajstić information content (AvgIpc) is 2.53. The lowest BCUT2D eigenvalue weighted by Gasteiger charge is -2.36. The molecule has 128 valence electrons. The van der Waals surface area contributed by atoms with Crippen molar-refractivity contribution >= 4 is 41.5 Å². The summed E-state index contributed by atoms with van der Waals surface area (Å²) in [6.45, 7) is 3.08. The Morgan fingerprint density at radius 3 is 2.48 bits per heavy atom. The quantitative estimate of drug-likeness (QED) is 0.812. The van der Waals surface area contributed by atoms with E-state index in [1.54, 1.807) is 11.9 Å². The smallest absolute Gasteiger partial charge is 0.242 e. The molecule has 0 aliphatic carbocycles. The van der Waals surface area contributed by atoms with E-state index in [4.69, 9.17) is 11.6 Å². The first-order valence-electron chi connectivity index (χ1n) is 7.29. The predicted octanol–water partition coefficient (Wildman–Crippen LogP) is 0.746. The van der Waals surface area contributed by atoms with Gasteiger partial charge in [0.1, 0.15) is 0 Å². The van der Waals surface area contributed by atoms with Gasteiger partial charge >= 0.3 is 0 Å². The minimum atomic E-state index is -0.173. The number of anilines is 1. The molecule has 1 saturated heterocycles. The maximum atomic E-state index is 12.1. The van der Waals surface area contributed by atoms with Gasteiger partial charge < -0.3 is 20.4 Å². The average molecular weight is 361 g/mol. The van der Waals surface area contributed by atoms with Crippen molar-refractivity contribution in [2.75, 3.05) is 51.2 Å². The Kier molecular flexibility index (Phi) is 8.16. The van der Waals surface area contributed by atoms with Crippen LogP contribution in [0.15, 0.2) is 24.3 Å². The highest BCUT2D eigenvalue weighted by atomic mass is 35.5. The fraction of sp³-hybridized carbons (Fsp3) is 0.467. The standard InChI is InChI=1S/C15H21ClN4O2.ClH/c1-17-10-14(21)18-11-15(22)20-7-5-19(6-8-20)13-4-2-3-12(16)9-13;/h2-4,9,17H,5-8,10-11H2,1H3,(H,18,21);1H. The van der Waals surface area contributed by atoms with E-state index in [9.17, 15) is 9.59 Å². The first kappa shape index (κ1) is 19.5. The molecule has 0 radical (unpaired) electrons. The lowest BCUT2D eigenvalue weighted by molar-refractivity contribution is -0.132. The van der Waals surface area contributed by atoms with Crippen LogP contribution in [-0.4, -0.2) is 63.0 Å². The molecule has 2 amide bonds. The van der Waals surface area contributed by atoms with Crippen molar-refractivity contribution in [1.29, 1.82) is 0 Å². The molecule has 1 aromatic carbocycles. The molecule has 0 atom stereocenters. The van der Waals surface area contributed by atoms with Gasteiger partial charge in [-0.15, -0.1) is 12.4 Å². The minimum Gasteiger partial charge on any atom is -0.368 e. The van der Waals surface area contributed by atoms with Crippen LogP contribution in [0.1, 0.15) is 0 Å². The van der Waals surface area contributed by atoms with Crippen LogP contribution in [0.4, 0.5) is 5.69 Å². The molecular weight excluding hydrogens is 339 g/mol. The molecule has 23 heavy (non-hydrogen) atoms. The van der Waals surface area contributed by atoms with Gasteiger partial charge in [-0.2, -0.15) is 0 Å². The maximum Gasteiger partial charge on any atom is 0.242 e. The fourth-order valence-corrected chi connectivity index (χ4v) is 2.58. The first-order chi connectivity index (χ1) is 10.6. The number of hydrogen-bond donors (Lipinski definition) is 2. The zero-order chi connectivity index (χ0) is 15.9. The number of halogens is 2. The van der Waals surface area contributed by atoms with E-state index in [2.05, 4.69) is 15.5 Å². The molecule has 0 aromatic heterocycles. The predicted molar refractivity (Wildman–Crippen MR) is 94.4 cm³/mol. The number of amides is 2. The van der Waals surface area contributed by atoms with Gasteiger partial charge in [0, 0.05) is 36.9 Å². The monoisotopic (exact) mass is 360 g/mol. The van der Waals surface area contributed by atoms with Crippen LogP contribution in [0.3, 0.4) is 0 Å². The fourth-order valence-electron chi connectivity index (χ4n) is 2.40. The Bertz CT molecular complexity index is 534. The van der Waals surface area contributed by atoms with Gasteiger partial charge in [0.05, 0.1) is 13.1 Å². The van der Waals surface area contributed by atoms with Gasteiger partial charge in [0.25, 0.3) is 0 Å². The van der Waals surface area contributed by atoms with E-state index >= 15 is 0 Å². The van der Waals surface area contributed by atoms with Crippen LogP contribution in [-0.2, 0) is 9.59 Å². The second-order valence-corrected chi connectivity index (χ2v) is 5.59. The van der Waals surface area contributed by atoms with Gasteiger partial charge in [0.15, 0.2) is 0 Å². The number of hydrogen-bond acceptors (Lipinski definition) is 4. The number of benzene rings is 1. The molecule has 1 heterocycles. The first-order valence-corrected chi connectivity index (χ1v) is 7.67. The summed E-state index contributed by atoms with van der Waals surface area (Å²) >= 11 is 6.00. The number of rotatable bonds is 5. The van der Waals surface area contributed by atoms with Crippen LogP contribution in [0.5, 0.6) is 0 Å². The van der Waals surface area contributed by atoms with Crippen LogP contribution in [0.25, 0.3) is 0 Å². The molecule has 0 unspecified atom stereocenters. The number of carbonyl (C=O) groups excluding carboxylic acids is 2. The SMILES string of the molecule is CNCC(=O)NCC(=O)N1CCN(c2cccc(Cl)c2)CC1.Cl. The third-order valence-electron chi connectivity index (χ3n) is 3.58. The Labute approximate surface area is 147 Å². The summed E-state index contributed by atoms with van der Waals surface area (Å²) in [6, 6.07) is 7.71. The van der Waals surface area contributed by atoms with Crippen molar-refractivity contribution in [2.24, 2.45) is 0 Å². The summed E-state index contributed by atoms with van der Waals surface area (Å²) in [4.78, 5) is 27.4. The normalized spacial score (nSPS) is 14.2. The Morgan fingerprint density at radius 2 is 1.87 bits per heavy atom. The van der Waals surface area contributed by atoms with Crippen LogP contribution < -0.4 is 15.5 Å². The molecule has 1 fully saturated rings. The van der Waals surface area contributed by atoms with Crippen molar-refractivity contribution < 1.29 is 9.59 Å². The topological polar surface area (TPSA) is 64.7 Å². The largest absolute Gasteiger partial charge is 0.368 e. The number of piperazine rings is 1. The molecular formula is C15H22Cl2N4O2. The Morgan fingerprint density at radius 1 is 1.17 bits per heavy atom. The van der Waals surface area contributed by atoms with Crippen molar-refractivity contribution in [1.82, 2.24) is 15.5 Å². The van der Waals surface area contributed by atoms with Gasteiger partial charge in [-0.1, -0.05) is 17.7 Å². The summed E-state index contributed by atoms with van der Waals surface area (Å²) < 4.78 is 0. The van der Waals surface area contributed by atoms with E-state index in [1.807, 2.05) is 24.3 Å². The van der Waals surface area contributed by atoms with E-state index in [1.165, 1.54) is 0 Å². The van der Waals surface area contributed by atoms with Gasteiger partial charge in [-0.05, 0) is 25.2 Å². The van der Waals surface area contributed by atoms with Crippen LogP contribution in [0, 0.1) is 0 Å². The summed E-state index contributed by atoms with van der Waals surface area (Å²) in [5.41, 5.74) is 1.07. The molecule has 0 bridgehead atoms. The van der Waals surface area contributed by atoms with Crippen molar-refractivity contribution in [2.45, 2.75) is 0 Å². The van der Waals surface area contributed by atoms with Crippen molar-refractivity contribution in [3.8, 4) is 0 Å².